The van der Waals surface area contributed by atoms with Gasteiger partial charge >= 0.3 is 11.9 Å². The number of H-pyrrole nitrogens is 1. The first-order valence-corrected chi connectivity index (χ1v) is 5.21. The van der Waals surface area contributed by atoms with Crippen LogP contribution >= 0.6 is 11.3 Å². The maximum Gasteiger partial charge on any atom is 0.353 e. The number of carboxylic acid groups (broad SMARTS) is 2. The van der Waals surface area contributed by atoms with E-state index in [2.05, 4.69) is 4.98 Å². The van der Waals surface area contributed by atoms with E-state index in [0.717, 1.165) is 0 Å². The van der Waals surface area contributed by atoms with Crippen LogP contribution < -0.4 is 0 Å². The number of nitrogens with one attached hydrogen (secondary N) is 1. The van der Waals surface area contributed by atoms with Crippen molar-refractivity contribution in [3.05, 3.63) is 35.0 Å². The van der Waals surface area contributed by atoms with Crippen LogP contribution in [0, 0.1) is 0 Å². The molecule has 2 aromatic heterocycles. The van der Waals surface area contributed by atoms with Gasteiger partial charge in [-0.3, -0.25) is 0 Å². The van der Waals surface area contributed by atoms with E-state index in [4.69, 9.17) is 10.2 Å². The fraction of sp³-hybridized carbons (Fsp3) is 0. The van der Waals surface area contributed by atoms with Crippen molar-refractivity contribution in [3.8, 4) is 10.4 Å². The van der Waals surface area contributed by atoms with Crippen molar-refractivity contribution in [2.45, 2.75) is 0 Å². The van der Waals surface area contributed by atoms with Crippen molar-refractivity contribution in [2.24, 2.45) is 0 Å². The molecule has 0 amide bonds. The third-order valence-electron chi connectivity index (χ3n) is 2.09. The van der Waals surface area contributed by atoms with Gasteiger partial charge in [-0.15, -0.1) is 11.3 Å². The Morgan fingerprint density at radius 3 is 2.50 bits per heavy atom. The molecule has 0 saturated heterocycles. The second-order valence-electron chi connectivity index (χ2n) is 3.04. The summed E-state index contributed by atoms with van der Waals surface area (Å²) in [5.41, 5.74) is 0.106. The lowest BCUT2D eigenvalue weighted by atomic mass is 10.1. The highest BCUT2D eigenvalue weighted by atomic mass is 32.1. The number of carbonyl (C=O) groups is 2. The quantitative estimate of drug-likeness (QED) is 0.762. The van der Waals surface area contributed by atoms with Crippen LogP contribution in [0.2, 0.25) is 0 Å². The zero-order valence-electron chi connectivity index (χ0n) is 7.93. The summed E-state index contributed by atoms with van der Waals surface area (Å²) in [5.74, 6) is -2.32. The average Bonchev–Trinajstić information content (AvgIpc) is 2.85. The van der Waals surface area contributed by atoms with Crippen LogP contribution in [0.5, 0.6) is 0 Å². The summed E-state index contributed by atoms with van der Waals surface area (Å²) in [5, 5.41) is 19.7. The van der Waals surface area contributed by atoms with E-state index in [-0.39, 0.29) is 16.8 Å². The van der Waals surface area contributed by atoms with Crippen LogP contribution in [0.25, 0.3) is 10.4 Å². The molecule has 16 heavy (non-hydrogen) atoms. The molecule has 0 unspecified atom stereocenters. The van der Waals surface area contributed by atoms with Crippen molar-refractivity contribution in [3.63, 3.8) is 0 Å². The number of aromatic amines is 1. The molecule has 6 heteroatoms. The maximum absolute atomic E-state index is 10.9. The topological polar surface area (TPSA) is 90.4 Å². The van der Waals surface area contributed by atoms with Crippen LogP contribution in [0.1, 0.15) is 20.8 Å². The van der Waals surface area contributed by atoms with Crippen LogP contribution in [0.4, 0.5) is 0 Å². The second-order valence-corrected chi connectivity index (χ2v) is 3.99. The SMILES string of the molecule is O=C(O)c1c[nH]c(C(=O)O)c1-c1cccs1. The number of hydrogen-bond acceptors (Lipinski definition) is 3. The van der Waals surface area contributed by atoms with Crippen LogP contribution in [0.15, 0.2) is 23.7 Å². The molecule has 2 rings (SSSR count). The summed E-state index contributed by atoms with van der Waals surface area (Å²) in [4.78, 5) is 25.0. The van der Waals surface area contributed by atoms with E-state index in [1.165, 1.54) is 17.5 Å². The lowest BCUT2D eigenvalue weighted by Crippen LogP contribution is -2.01. The lowest BCUT2D eigenvalue weighted by Gasteiger charge is -1.98. The minimum absolute atomic E-state index is 0.0279. The number of thiophene rings is 1. The summed E-state index contributed by atoms with van der Waals surface area (Å²) in [6.07, 6.45) is 1.20. The number of rotatable bonds is 3. The number of aromatic carboxylic acids is 2. The Kier molecular flexibility index (Phi) is 2.49. The second kappa shape index (κ2) is 3.82. The number of carboxylic acids is 2. The fourth-order valence-electron chi connectivity index (χ4n) is 1.44. The summed E-state index contributed by atoms with van der Waals surface area (Å²) in [7, 11) is 0. The minimum atomic E-state index is -1.17. The molecular weight excluding hydrogens is 230 g/mol. The van der Waals surface area contributed by atoms with Crippen molar-refractivity contribution in [2.75, 3.05) is 0 Å². The molecule has 0 saturated carbocycles. The summed E-state index contributed by atoms with van der Waals surface area (Å²) >= 11 is 1.30. The number of aromatic nitrogens is 1. The first-order valence-electron chi connectivity index (χ1n) is 4.33. The molecule has 82 valence electrons. The zero-order valence-corrected chi connectivity index (χ0v) is 8.75. The predicted octanol–water partition coefficient (Wildman–Crippen LogP) is 2.14. The molecule has 0 aliphatic carbocycles. The summed E-state index contributed by atoms with van der Waals surface area (Å²) < 4.78 is 0. The van der Waals surface area contributed by atoms with Gasteiger partial charge in [0.05, 0.1) is 5.56 Å². The molecule has 0 spiro atoms. The van der Waals surface area contributed by atoms with Crippen molar-refractivity contribution in [1.82, 2.24) is 4.98 Å². The highest BCUT2D eigenvalue weighted by Crippen LogP contribution is 2.31. The Balaban J connectivity index is 2.68. The predicted molar refractivity (Wildman–Crippen MR) is 58.0 cm³/mol. The highest BCUT2D eigenvalue weighted by Gasteiger charge is 2.22. The van der Waals surface area contributed by atoms with E-state index in [9.17, 15) is 9.59 Å². The Labute approximate surface area is 94.0 Å². The molecule has 0 bridgehead atoms. The fourth-order valence-corrected chi connectivity index (χ4v) is 2.23. The third-order valence-corrected chi connectivity index (χ3v) is 2.98. The van der Waals surface area contributed by atoms with Crippen molar-refractivity contribution in [1.29, 1.82) is 0 Å². The molecule has 3 N–H and O–H groups in total. The Morgan fingerprint density at radius 1 is 1.25 bits per heavy atom. The molecular formula is C10H7NO4S. The lowest BCUT2D eigenvalue weighted by molar-refractivity contribution is 0.0688. The van der Waals surface area contributed by atoms with Gasteiger partial charge in [-0.2, -0.15) is 0 Å². The van der Waals surface area contributed by atoms with E-state index in [0.29, 0.717) is 4.88 Å². The van der Waals surface area contributed by atoms with Gasteiger partial charge in [0.15, 0.2) is 0 Å². The third kappa shape index (κ3) is 1.59. The van der Waals surface area contributed by atoms with Gasteiger partial charge < -0.3 is 15.2 Å². The molecule has 2 heterocycles. The maximum atomic E-state index is 10.9. The van der Waals surface area contributed by atoms with Gasteiger partial charge in [0, 0.05) is 16.6 Å². The highest BCUT2D eigenvalue weighted by molar-refractivity contribution is 7.13. The molecule has 0 fully saturated rings. The molecule has 0 atom stereocenters. The first kappa shape index (κ1) is 10.4. The van der Waals surface area contributed by atoms with Crippen molar-refractivity contribution < 1.29 is 19.8 Å². The van der Waals surface area contributed by atoms with Gasteiger partial charge in [-0.1, -0.05) is 6.07 Å². The van der Waals surface area contributed by atoms with Gasteiger partial charge in [0.1, 0.15) is 5.69 Å². The van der Waals surface area contributed by atoms with Crippen molar-refractivity contribution >= 4 is 23.3 Å². The standard InChI is InChI=1S/C10H7NO4S/c12-9(13)5-4-11-8(10(14)15)7(5)6-2-1-3-16-6/h1-4,11H,(H,12,13)(H,14,15). The van der Waals surface area contributed by atoms with E-state index in [1.54, 1.807) is 17.5 Å². The first-order chi connectivity index (χ1) is 7.61. The minimum Gasteiger partial charge on any atom is -0.478 e. The van der Waals surface area contributed by atoms with Gasteiger partial charge in [0.25, 0.3) is 0 Å². The van der Waals surface area contributed by atoms with Crippen LogP contribution in [0.3, 0.4) is 0 Å². The van der Waals surface area contributed by atoms with Gasteiger partial charge in [-0.05, 0) is 11.4 Å². The molecule has 5 nitrogen and oxygen atoms in total. The van der Waals surface area contributed by atoms with Gasteiger partial charge in [-0.25, -0.2) is 9.59 Å². The smallest absolute Gasteiger partial charge is 0.353 e. The molecule has 0 aromatic carbocycles. The molecule has 0 aliphatic rings. The monoisotopic (exact) mass is 237 g/mol. The molecule has 0 radical (unpaired) electrons. The number of hydrogen-bond donors (Lipinski definition) is 3. The van der Waals surface area contributed by atoms with E-state index < -0.39 is 11.9 Å². The van der Waals surface area contributed by atoms with E-state index >= 15 is 0 Å². The van der Waals surface area contributed by atoms with Crippen LogP contribution in [-0.2, 0) is 0 Å². The summed E-state index contributed by atoms with van der Waals surface area (Å²) in [6, 6.07) is 3.43. The Morgan fingerprint density at radius 2 is 2.00 bits per heavy atom. The Bertz CT molecular complexity index is 510. The molecule has 0 aliphatic heterocycles. The largest absolute Gasteiger partial charge is 0.478 e. The van der Waals surface area contributed by atoms with Crippen LogP contribution in [-0.4, -0.2) is 27.1 Å². The zero-order chi connectivity index (χ0) is 11.7. The normalized spacial score (nSPS) is 10.2. The Hall–Kier alpha value is -2.08. The van der Waals surface area contributed by atoms with E-state index in [1.807, 2.05) is 0 Å². The summed E-state index contributed by atoms with van der Waals surface area (Å²) in [6.45, 7) is 0. The molecule has 2 aromatic rings. The average molecular weight is 237 g/mol. The van der Waals surface area contributed by atoms with Gasteiger partial charge in [0.2, 0.25) is 0 Å².